The second-order valence-electron chi connectivity index (χ2n) is 7.57. The Morgan fingerprint density at radius 3 is 2.52 bits per heavy atom. The van der Waals surface area contributed by atoms with Crippen LogP contribution >= 0.6 is 11.6 Å². The Bertz CT molecular complexity index is 1100. The Hall–Kier alpha value is -3.18. The molecule has 1 N–H and O–H groups in total. The van der Waals surface area contributed by atoms with Crippen molar-refractivity contribution in [2.24, 2.45) is 0 Å². The fourth-order valence-electron chi connectivity index (χ4n) is 4.13. The maximum Gasteiger partial charge on any atom is 0.244 e. The number of fused-ring (bicyclic) bond motifs is 1. The predicted octanol–water partition coefficient (Wildman–Crippen LogP) is 5.54. The summed E-state index contributed by atoms with van der Waals surface area (Å²) in [4.78, 5) is 28.1. The van der Waals surface area contributed by atoms with Gasteiger partial charge in [-0.2, -0.15) is 0 Å². The molecule has 0 bridgehead atoms. The summed E-state index contributed by atoms with van der Waals surface area (Å²) >= 11 is 6.28. The van der Waals surface area contributed by atoms with Crippen molar-refractivity contribution >= 4 is 29.1 Å². The van der Waals surface area contributed by atoms with Crippen LogP contribution in [0.5, 0.6) is 0 Å². The van der Waals surface area contributed by atoms with Gasteiger partial charge in [-0.3, -0.25) is 9.59 Å². The number of rotatable bonds is 4. The molecule has 1 heterocycles. The van der Waals surface area contributed by atoms with Crippen molar-refractivity contribution in [3.05, 3.63) is 100 Å². The smallest absolute Gasteiger partial charge is 0.244 e. The van der Waals surface area contributed by atoms with Gasteiger partial charge < -0.3 is 10.2 Å². The van der Waals surface area contributed by atoms with E-state index in [0.717, 1.165) is 5.56 Å². The average Bonchev–Trinajstić information content (AvgIpc) is 2.91. The second kappa shape index (κ2) is 8.90. The third-order valence-electron chi connectivity index (χ3n) is 5.59. The molecule has 0 saturated carbocycles. The van der Waals surface area contributed by atoms with Crippen LogP contribution in [0.3, 0.4) is 0 Å². The highest BCUT2D eigenvalue weighted by molar-refractivity contribution is 6.30. The highest BCUT2D eigenvalue weighted by Gasteiger charge is 2.36. The summed E-state index contributed by atoms with van der Waals surface area (Å²) in [7, 11) is 0. The minimum atomic E-state index is -0.585. The van der Waals surface area contributed by atoms with Crippen LogP contribution in [0.2, 0.25) is 5.02 Å². The van der Waals surface area contributed by atoms with Crippen LogP contribution in [0, 0.1) is 5.82 Å². The summed E-state index contributed by atoms with van der Waals surface area (Å²) in [6, 6.07) is 20.1. The van der Waals surface area contributed by atoms with Gasteiger partial charge in [0.2, 0.25) is 11.8 Å². The molecule has 2 amide bonds. The fourth-order valence-corrected chi connectivity index (χ4v) is 4.31. The van der Waals surface area contributed by atoms with Crippen molar-refractivity contribution in [3.8, 4) is 0 Å². The minimum Gasteiger partial charge on any atom is -0.324 e. The molecule has 0 fully saturated rings. The first-order chi connectivity index (χ1) is 15.0. The van der Waals surface area contributed by atoms with E-state index in [1.165, 1.54) is 12.1 Å². The molecule has 0 radical (unpaired) electrons. The third-order valence-corrected chi connectivity index (χ3v) is 5.82. The molecular formula is C25H22ClFN2O2. The molecule has 4 rings (SSSR count). The standard InChI is InChI=1S/C25H22ClFN2O2/c1-2-20(16-6-4-3-5-7-16)25(31)29-15-23(30)28-22-13-10-18(26)14-21(22)24(29)17-8-11-19(27)12-9-17/h3-14,20,24H,2,15H2,1H3,(H,28,30). The molecule has 3 aromatic rings. The van der Waals surface area contributed by atoms with Gasteiger partial charge in [0.15, 0.2) is 0 Å². The number of benzene rings is 3. The van der Waals surface area contributed by atoms with Gasteiger partial charge in [-0.1, -0.05) is 61.0 Å². The van der Waals surface area contributed by atoms with Crippen molar-refractivity contribution in [3.63, 3.8) is 0 Å². The molecule has 2 atom stereocenters. The van der Waals surface area contributed by atoms with Gasteiger partial charge in [-0.15, -0.1) is 0 Å². The number of halogens is 2. The number of amides is 2. The molecule has 158 valence electrons. The number of carbonyl (C=O) groups excluding carboxylic acids is 2. The molecular weight excluding hydrogens is 415 g/mol. The Morgan fingerprint density at radius 1 is 1.13 bits per heavy atom. The van der Waals surface area contributed by atoms with Crippen LogP contribution in [-0.2, 0) is 9.59 Å². The summed E-state index contributed by atoms with van der Waals surface area (Å²) in [6.45, 7) is 1.84. The maximum absolute atomic E-state index is 13.8. The molecule has 1 aliphatic rings. The number of anilines is 1. The first-order valence-corrected chi connectivity index (χ1v) is 10.6. The summed E-state index contributed by atoms with van der Waals surface area (Å²) in [6.07, 6.45) is 0.583. The lowest BCUT2D eigenvalue weighted by Gasteiger charge is -2.33. The van der Waals surface area contributed by atoms with Gasteiger partial charge in [0.1, 0.15) is 12.4 Å². The predicted molar refractivity (Wildman–Crippen MR) is 120 cm³/mol. The SMILES string of the molecule is CCC(C(=O)N1CC(=O)Nc2ccc(Cl)cc2C1c1ccc(F)cc1)c1ccccc1. The van der Waals surface area contributed by atoms with E-state index in [0.29, 0.717) is 28.3 Å². The van der Waals surface area contributed by atoms with Crippen LogP contribution < -0.4 is 5.32 Å². The molecule has 0 spiro atoms. The molecule has 1 aliphatic heterocycles. The van der Waals surface area contributed by atoms with E-state index >= 15 is 0 Å². The Kier molecular flexibility index (Phi) is 6.05. The van der Waals surface area contributed by atoms with Gasteiger partial charge in [0.05, 0.1) is 12.0 Å². The summed E-state index contributed by atoms with van der Waals surface area (Å²) in [5.41, 5.74) is 2.88. The quantitative estimate of drug-likeness (QED) is 0.583. The van der Waals surface area contributed by atoms with Gasteiger partial charge in [0, 0.05) is 16.3 Å². The summed E-state index contributed by atoms with van der Waals surface area (Å²) < 4.78 is 13.6. The van der Waals surface area contributed by atoms with Crippen molar-refractivity contribution < 1.29 is 14.0 Å². The number of hydrogen-bond donors (Lipinski definition) is 1. The van der Waals surface area contributed by atoms with Gasteiger partial charge in [0.25, 0.3) is 0 Å². The van der Waals surface area contributed by atoms with Crippen LogP contribution in [0.4, 0.5) is 10.1 Å². The molecule has 3 aromatic carbocycles. The van der Waals surface area contributed by atoms with E-state index in [1.807, 2.05) is 37.3 Å². The molecule has 0 aliphatic carbocycles. The molecule has 6 heteroatoms. The summed E-state index contributed by atoms with van der Waals surface area (Å²) in [5.74, 6) is -1.22. The van der Waals surface area contributed by atoms with Crippen LogP contribution in [0.25, 0.3) is 0 Å². The van der Waals surface area contributed by atoms with E-state index in [1.54, 1.807) is 35.2 Å². The lowest BCUT2D eigenvalue weighted by molar-refractivity contribution is -0.137. The number of nitrogens with zero attached hydrogens (tertiary/aromatic N) is 1. The lowest BCUT2D eigenvalue weighted by Crippen LogP contribution is -2.41. The van der Waals surface area contributed by atoms with Gasteiger partial charge in [-0.25, -0.2) is 4.39 Å². The molecule has 4 nitrogen and oxygen atoms in total. The Morgan fingerprint density at radius 2 is 1.84 bits per heavy atom. The lowest BCUT2D eigenvalue weighted by atomic mass is 9.91. The van der Waals surface area contributed by atoms with E-state index < -0.39 is 12.0 Å². The van der Waals surface area contributed by atoms with Crippen LogP contribution in [0.1, 0.15) is 42.0 Å². The van der Waals surface area contributed by atoms with Gasteiger partial charge in [-0.05, 0) is 47.9 Å². The number of carbonyl (C=O) groups is 2. The topological polar surface area (TPSA) is 49.4 Å². The first kappa shape index (κ1) is 21.1. The fraction of sp³-hybridized carbons (Fsp3) is 0.200. The highest BCUT2D eigenvalue weighted by atomic mass is 35.5. The van der Waals surface area contributed by atoms with E-state index in [-0.39, 0.29) is 24.2 Å². The van der Waals surface area contributed by atoms with E-state index in [2.05, 4.69) is 5.32 Å². The van der Waals surface area contributed by atoms with Gasteiger partial charge >= 0.3 is 0 Å². The van der Waals surface area contributed by atoms with Crippen LogP contribution in [-0.4, -0.2) is 23.3 Å². The van der Waals surface area contributed by atoms with E-state index in [4.69, 9.17) is 11.6 Å². The first-order valence-electron chi connectivity index (χ1n) is 10.2. The van der Waals surface area contributed by atoms with Crippen molar-refractivity contribution in [1.82, 2.24) is 4.90 Å². The third kappa shape index (κ3) is 4.32. The van der Waals surface area contributed by atoms with E-state index in [9.17, 15) is 14.0 Å². The molecule has 0 aromatic heterocycles. The highest BCUT2D eigenvalue weighted by Crippen LogP contribution is 2.39. The largest absolute Gasteiger partial charge is 0.324 e. The van der Waals surface area contributed by atoms with Crippen LogP contribution in [0.15, 0.2) is 72.8 Å². The van der Waals surface area contributed by atoms with Crippen molar-refractivity contribution in [1.29, 1.82) is 0 Å². The Balaban J connectivity index is 1.86. The molecule has 0 saturated heterocycles. The monoisotopic (exact) mass is 436 g/mol. The zero-order chi connectivity index (χ0) is 22.0. The number of nitrogens with one attached hydrogen (secondary N) is 1. The zero-order valence-corrected chi connectivity index (χ0v) is 17.8. The van der Waals surface area contributed by atoms with Crippen molar-refractivity contribution in [2.75, 3.05) is 11.9 Å². The van der Waals surface area contributed by atoms with Crippen molar-refractivity contribution in [2.45, 2.75) is 25.3 Å². The molecule has 2 unspecified atom stereocenters. The minimum absolute atomic E-state index is 0.115. The normalized spacial score (nSPS) is 16.8. The molecule has 31 heavy (non-hydrogen) atoms. The maximum atomic E-state index is 13.8. The zero-order valence-electron chi connectivity index (χ0n) is 17.0. The summed E-state index contributed by atoms with van der Waals surface area (Å²) in [5, 5.41) is 3.37. The second-order valence-corrected chi connectivity index (χ2v) is 8.01. The Labute approximate surface area is 185 Å². The number of hydrogen-bond acceptors (Lipinski definition) is 2. The average molecular weight is 437 g/mol.